The molecule has 0 amide bonds. The molecule has 2 aromatic carbocycles. The molecule has 0 atom stereocenters. The number of thioether (sulfide) groups is 1. The van der Waals surface area contributed by atoms with Crippen molar-refractivity contribution < 1.29 is 13.9 Å². The maximum Gasteiger partial charge on any atom is 0.231 e. The molecule has 3 heterocycles. The molecule has 4 nitrogen and oxygen atoms in total. The zero-order valence-electron chi connectivity index (χ0n) is 14.0. The molecule has 0 N–H and O–H groups in total. The van der Waals surface area contributed by atoms with Crippen molar-refractivity contribution >= 4 is 33.3 Å². The highest BCUT2D eigenvalue weighted by Crippen LogP contribution is 2.39. The van der Waals surface area contributed by atoms with Crippen LogP contribution in [0.2, 0.25) is 0 Å². The molecule has 0 spiro atoms. The van der Waals surface area contributed by atoms with Crippen LogP contribution in [-0.4, -0.2) is 16.8 Å². The summed E-state index contributed by atoms with van der Waals surface area (Å²) in [6, 6.07) is 14.5. The van der Waals surface area contributed by atoms with E-state index >= 15 is 0 Å². The zero-order valence-corrected chi connectivity index (χ0v) is 15.6. The third-order valence-corrected chi connectivity index (χ3v) is 6.59. The second-order valence-electron chi connectivity index (χ2n) is 5.99. The van der Waals surface area contributed by atoms with Gasteiger partial charge in [-0.25, -0.2) is 14.4 Å². The third-order valence-electron chi connectivity index (χ3n) is 4.22. The lowest BCUT2D eigenvalue weighted by molar-refractivity contribution is 0.174. The molecule has 0 saturated heterocycles. The zero-order chi connectivity index (χ0) is 18.2. The van der Waals surface area contributed by atoms with Gasteiger partial charge in [-0.15, -0.1) is 23.1 Å². The monoisotopic (exact) mass is 396 g/mol. The van der Waals surface area contributed by atoms with Crippen molar-refractivity contribution in [3.05, 3.63) is 66.2 Å². The van der Waals surface area contributed by atoms with Crippen LogP contribution in [0.25, 0.3) is 20.7 Å². The topological polar surface area (TPSA) is 44.2 Å². The van der Waals surface area contributed by atoms with Crippen LogP contribution in [0, 0.1) is 5.82 Å². The summed E-state index contributed by atoms with van der Waals surface area (Å²) < 4.78 is 25.0. The molecule has 0 fully saturated rings. The first kappa shape index (κ1) is 16.5. The molecule has 7 heteroatoms. The third kappa shape index (κ3) is 3.24. The van der Waals surface area contributed by atoms with Gasteiger partial charge >= 0.3 is 0 Å². The number of aromatic nitrogens is 2. The second kappa shape index (κ2) is 6.83. The smallest absolute Gasteiger partial charge is 0.231 e. The van der Waals surface area contributed by atoms with Gasteiger partial charge in [0.2, 0.25) is 6.79 Å². The van der Waals surface area contributed by atoms with E-state index in [0.29, 0.717) is 0 Å². The van der Waals surface area contributed by atoms with E-state index in [-0.39, 0.29) is 12.6 Å². The number of benzene rings is 2. The first-order valence-corrected chi connectivity index (χ1v) is 10.1. The summed E-state index contributed by atoms with van der Waals surface area (Å²) in [6.45, 7) is 0.278. The van der Waals surface area contributed by atoms with Gasteiger partial charge in [-0.3, -0.25) is 0 Å². The Hall–Kier alpha value is -2.64. The number of hydrogen-bond acceptors (Lipinski definition) is 6. The van der Waals surface area contributed by atoms with E-state index < -0.39 is 0 Å². The second-order valence-corrected chi connectivity index (χ2v) is 8.00. The highest BCUT2D eigenvalue weighted by Gasteiger charge is 2.15. The van der Waals surface area contributed by atoms with Crippen LogP contribution >= 0.6 is 23.1 Å². The molecule has 4 aromatic rings. The van der Waals surface area contributed by atoms with E-state index in [2.05, 4.69) is 9.97 Å². The lowest BCUT2D eigenvalue weighted by Crippen LogP contribution is -1.92. The Kier molecular flexibility index (Phi) is 4.18. The standard InChI is InChI=1S/C20H13FN2O2S2/c21-14-4-2-13(3-5-14)18-8-15-19(27-18)20(23-10-22-15)26-9-12-1-6-16-17(7-12)25-11-24-16/h1-8,10H,9,11H2. The van der Waals surface area contributed by atoms with Crippen LogP contribution in [0.1, 0.15) is 5.56 Å². The Bertz CT molecular complexity index is 1130. The molecule has 0 aliphatic carbocycles. The minimum Gasteiger partial charge on any atom is -0.454 e. The van der Waals surface area contributed by atoms with Gasteiger partial charge in [0.15, 0.2) is 11.5 Å². The summed E-state index contributed by atoms with van der Waals surface area (Å²) in [5.41, 5.74) is 3.03. The quantitative estimate of drug-likeness (QED) is 0.336. The summed E-state index contributed by atoms with van der Waals surface area (Å²) in [4.78, 5) is 9.90. The molecule has 0 bridgehead atoms. The number of hydrogen-bond donors (Lipinski definition) is 0. The van der Waals surface area contributed by atoms with Gasteiger partial charge in [-0.05, 0) is 41.5 Å². The van der Waals surface area contributed by atoms with Crippen molar-refractivity contribution in [3.63, 3.8) is 0 Å². The van der Waals surface area contributed by atoms with Crippen molar-refractivity contribution in [2.75, 3.05) is 6.79 Å². The maximum absolute atomic E-state index is 13.2. The Balaban J connectivity index is 1.42. The van der Waals surface area contributed by atoms with Crippen LogP contribution in [-0.2, 0) is 5.75 Å². The molecule has 2 aromatic heterocycles. The number of fused-ring (bicyclic) bond motifs is 2. The van der Waals surface area contributed by atoms with Crippen LogP contribution in [0.15, 0.2) is 59.9 Å². The average molecular weight is 396 g/mol. The minimum atomic E-state index is -0.236. The van der Waals surface area contributed by atoms with Gasteiger partial charge in [0.1, 0.15) is 17.2 Å². The van der Waals surface area contributed by atoms with Crippen molar-refractivity contribution in [1.29, 1.82) is 0 Å². The van der Waals surface area contributed by atoms with Gasteiger partial charge in [-0.1, -0.05) is 18.2 Å². The van der Waals surface area contributed by atoms with E-state index in [4.69, 9.17) is 9.47 Å². The van der Waals surface area contributed by atoms with Crippen LogP contribution in [0.3, 0.4) is 0 Å². The fourth-order valence-electron chi connectivity index (χ4n) is 2.87. The fraction of sp³-hybridized carbons (Fsp3) is 0.100. The van der Waals surface area contributed by atoms with E-state index in [9.17, 15) is 4.39 Å². The van der Waals surface area contributed by atoms with Crippen molar-refractivity contribution in [2.45, 2.75) is 10.8 Å². The molecule has 5 rings (SSSR count). The highest BCUT2D eigenvalue weighted by molar-refractivity contribution is 7.98. The summed E-state index contributed by atoms with van der Waals surface area (Å²) >= 11 is 3.29. The van der Waals surface area contributed by atoms with Crippen LogP contribution < -0.4 is 9.47 Å². The molecule has 1 aliphatic heterocycles. The molecular weight excluding hydrogens is 383 g/mol. The SMILES string of the molecule is Fc1ccc(-c2cc3ncnc(SCc4ccc5c(c4)OCO5)c3s2)cc1. The van der Waals surface area contributed by atoms with Gasteiger partial charge < -0.3 is 9.47 Å². The molecule has 0 radical (unpaired) electrons. The first-order valence-electron chi connectivity index (χ1n) is 8.28. The van der Waals surface area contributed by atoms with Crippen molar-refractivity contribution in [3.8, 4) is 21.9 Å². The Morgan fingerprint density at radius 2 is 1.85 bits per heavy atom. The fourth-order valence-corrected chi connectivity index (χ4v) is 5.02. The lowest BCUT2D eigenvalue weighted by Gasteiger charge is -2.03. The number of halogens is 1. The van der Waals surface area contributed by atoms with Crippen molar-refractivity contribution in [2.24, 2.45) is 0 Å². The predicted octanol–water partition coefficient (Wildman–Crippen LogP) is 5.52. The minimum absolute atomic E-state index is 0.236. The maximum atomic E-state index is 13.2. The number of nitrogens with zero attached hydrogens (tertiary/aromatic N) is 2. The highest BCUT2D eigenvalue weighted by atomic mass is 32.2. The van der Waals surface area contributed by atoms with E-state index in [0.717, 1.165) is 48.5 Å². The normalized spacial score (nSPS) is 12.6. The number of rotatable bonds is 4. The first-order chi connectivity index (χ1) is 13.3. The van der Waals surface area contributed by atoms with Crippen LogP contribution in [0.4, 0.5) is 4.39 Å². The van der Waals surface area contributed by atoms with Gasteiger partial charge in [-0.2, -0.15) is 0 Å². The average Bonchev–Trinajstić information content (AvgIpc) is 3.33. The summed E-state index contributed by atoms with van der Waals surface area (Å²) in [5.74, 6) is 2.11. The molecular formula is C20H13FN2O2S2. The van der Waals surface area contributed by atoms with Gasteiger partial charge in [0.25, 0.3) is 0 Å². The van der Waals surface area contributed by atoms with Crippen LogP contribution in [0.5, 0.6) is 11.5 Å². The summed E-state index contributed by atoms with van der Waals surface area (Å²) in [6.07, 6.45) is 1.59. The van der Waals surface area contributed by atoms with E-state index in [1.807, 2.05) is 24.3 Å². The Labute approximate surface area is 163 Å². The molecule has 1 aliphatic rings. The van der Waals surface area contributed by atoms with Crippen molar-refractivity contribution in [1.82, 2.24) is 9.97 Å². The lowest BCUT2D eigenvalue weighted by atomic mass is 10.2. The Morgan fingerprint density at radius 1 is 1.00 bits per heavy atom. The summed E-state index contributed by atoms with van der Waals surface area (Å²) in [7, 11) is 0. The van der Waals surface area contributed by atoms with E-state index in [1.54, 1.807) is 41.6 Å². The van der Waals surface area contributed by atoms with Gasteiger partial charge in [0, 0.05) is 10.6 Å². The summed E-state index contributed by atoms with van der Waals surface area (Å²) in [5, 5.41) is 0.941. The van der Waals surface area contributed by atoms with E-state index in [1.165, 1.54) is 12.1 Å². The molecule has 0 unspecified atom stereocenters. The molecule has 27 heavy (non-hydrogen) atoms. The Morgan fingerprint density at radius 3 is 2.74 bits per heavy atom. The predicted molar refractivity (Wildman–Crippen MR) is 105 cm³/mol. The molecule has 134 valence electrons. The van der Waals surface area contributed by atoms with Gasteiger partial charge in [0.05, 0.1) is 10.2 Å². The molecule has 0 saturated carbocycles. The number of ether oxygens (including phenoxy) is 2. The number of thiophene rings is 1. The largest absolute Gasteiger partial charge is 0.454 e.